The Morgan fingerprint density at radius 2 is 2.20 bits per heavy atom. The van der Waals surface area contributed by atoms with Gasteiger partial charge < -0.3 is 5.11 Å². The summed E-state index contributed by atoms with van der Waals surface area (Å²) in [6.07, 6.45) is 4.33. The lowest BCUT2D eigenvalue weighted by Crippen LogP contribution is -2.15. The van der Waals surface area contributed by atoms with Crippen LogP contribution < -0.4 is 0 Å². The first-order chi connectivity index (χ1) is 7.16. The second-order valence-corrected chi connectivity index (χ2v) is 4.98. The van der Waals surface area contributed by atoms with Crippen molar-refractivity contribution in [3.8, 4) is 0 Å². The Balaban J connectivity index is 2.06. The summed E-state index contributed by atoms with van der Waals surface area (Å²) in [5, 5.41) is 10.7. The van der Waals surface area contributed by atoms with E-state index in [1.54, 1.807) is 0 Å². The van der Waals surface area contributed by atoms with Crippen LogP contribution in [0.25, 0.3) is 0 Å². The molecule has 1 N–H and O–H groups in total. The van der Waals surface area contributed by atoms with Crippen LogP contribution in [0.2, 0.25) is 5.02 Å². The second-order valence-electron chi connectivity index (χ2n) is 4.57. The van der Waals surface area contributed by atoms with Crippen LogP contribution in [-0.2, 0) is 0 Å². The first kappa shape index (κ1) is 11.0. The van der Waals surface area contributed by atoms with Gasteiger partial charge >= 0.3 is 0 Å². The molecule has 1 aromatic carbocycles. The fourth-order valence-electron chi connectivity index (χ4n) is 2.07. The number of aliphatic hydroxyl groups excluding tert-OH is 1. The van der Waals surface area contributed by atoms with Crippen LogP contribution in [0.15, 0.2) is 18.2 Å². The molecule has 2 rings (SSSR count). The summed E-state index contributed by atoms with van der Waals surface area (Å²) in [5.41, 5.74) is 2.02. The summed E-state index contributed by atoms with van der Waals surface area (Å²) in [5.74, 6) is 0.706. The zero-order chi connectivity index (χ0) is 10.8. The first-order valence-electron chi connectivity index (χ1n) is 5.61. The third-order valence-electron chi connectivity index (χ3n) is 3.30. The molecule has 1 nitrogen and oxygen atoms in total. The van der Waals surface area contributed by atoms with E-state index in [1.807, 2.05) is 25.1 Å². The highest BCUT2D eigenvalue weighted by Gasteiger charge is 2.22. The Labute approximate surface area is 96.1 Å². The average Bonchev–Trinajstić information content (AvgIpc) is 2.11. The molecule has 0 saturated heterocycles. The number of benzene rings is 1. The quantitative estimate of drug-likeness (QED) is 0.827. The molecule has 0 aliphatic heterocycles. The number of hydrogen-bond donors (Lipinski definition) is 1. The largest absolute Gasteiger partial charge is 0.388 e. The van der Waals surface area contributed by atoms with Gasteiger partial charge in [0.15, 0.2) is 0 Å². The van der Waals surface area contributed by atoms with E-state index >= 15 is 0 Å². The predicted molar refractivity (Wildman–Crippen MR) is 63.1 cm³/mol. The number of aliphatic hydroxyl groups is 1. The Morgan fingerprint density at radius 3 is 2.73 bits per heavy atom. The third kappa shape index (κ3) is 2.53. The van der Waals surface area contributed by atoms with E-state index in [2.05, 4.69) is 0 Å². The maximum atomic E-state index is 10.0. The lowest BCUT2D eigenvalue weighted by atomic mass is 9.80. The van der Waals surface area contributed by atoms with Gasteiger partial charge in [0.25, 0.3) is 0 Å². The van der Waals surface area contributed by atoms with Crippen LogP contribution in [-0.4, -0.2) is 5.11 Å². The number of halogens is 1. The van der Waals surface area contributed by atoms with E-state index in [9.17, 15) is 5.11 Å². The van der Waals surface area contributed by atoms with Crippen LogP contribution in [0.3, 0.4) is 0 Å². The van der Waals surface area contributed by atoms with Gasteiger partial charge in [-0.15, -0.1) is 0 Å². The molecular formula is C13H17ClO. The van der Waals surface area contributed by atoms with Gasteiger partial charge in [-0.1, -0.05) is 43.0 Å². The van der Waals surface area contributed by atoms with Crippen molar-refractivity contribution in [2.75, 3.05) is 0 Å². The lowest BCUT2D eigenvalue weighted by Gasteiger charge is -2.28. The minimum absolute atomic E-state index is 0.386. The van der Waals surface area contributed by atoms with E-state index in [0.717, 1.165) is 17.5 Å². The summed E-state index contributed by atoms with van der Waals surface area (Å²) in [6, 6.07) is 5.87. The molecule has 1 aliphatic rings. The van der Waals surface area contributed by atoms with E-state index < -0.39 is 0 Å². The zero-order valence-corrected chi connectivity index (χ0v) is 9.80. The van der Waals surface area contributed by atoms with Crippen molar-refractivity contribution < 1.29 is 5.11 Å². The molecule has 1 aliphatic carbocycles. The SMILES string of the molecule is Cc1ccc(C(O)CC2CCC2)c(Cl)c1. The molecule has 0 spiro atoms. The van der Waals surface area contributed by atoms with Gasteiger partial charge in [0, 0.05) is 5.02 Å². The summed E-state index contributed by atoms with van der Waals surface area (Å²) < 4.78 is 0. The van der Waals surface area contributed by atoms with Gasteiger partial charge in [-0.3, -0.25) is 0 Å². The lowest BCUT2D eigenvalue weighted by molar-refractivity contribution is 0.118. The van der Waals surface area contributed by atoms with E-state index in [4.69, 9.17) is 11.6 Å². The maximum Gasteiger partial charge on any atom is 0.0807 e. The molecule has 15 heavy (non-hydrogen) atoms. The van der Waals surface area contributed by atoms with Crippen molar-refractivity contribution in [2.24, 2.45) is 5.92 Å². The van der Waals surface area contributed by atoms with Gasteiger partial charge in [-0.25, -0.2) is 0 Å². The maximum absolute atomic E-state index is 10.0. The molecule has 1 aromatic rings. The molecule has 1 saturated carbocycles. The molecular weight excluding hydrogens is 208 g/mol. The van der Waals surface area contributed by atoms with Crippen molar-refractivity contribution in [3.05, 3.63) is 34.3 Å². The standard InChI is InChI=1S/C13H17ClO/c1-9-5-6-11(12(14)7-9)13(15)8-10-3-2-4-10/h5-7,10,13,15H,2-4,8H2,1H3. The Hall–Kier alpha value is -0.530. The molecule has 1 unspecified atom stereocenters. The Bertz CT molecular complexity index is 344. The summed E-state index contributed by atoms with van der Waals surface area (Å²) in [6.45, 7) is 2.01. The number of aryl methyl sites for hydroxylation is 1. The highest BCUT2D eigenvalue weighted by molar-refractivity contribution is 6.31. The van der Waals surface area contributed by atoms with E-state index in [-0.39, 0.29) is 6.10 Å². The molecule has 2 heteroatoms. The fraction of sp³-hybridized carbons (Fsp3) is 0.538. The summed E-state index contributed by atoms with van der Waals surface area (Å²) in [4.78, 5) is 0. The van der Waals surface area contributed by atoms with E-state index in [1.165, 1.54) is 19.3 Å². The predicted octanol–water partition coefficient (Wildman–Crippen LogP) is 3.87. The molecule has 0 heterocycles. The van der Waals surface area contributed by atoms with Gasteiger partial charge in [-0.2, -0.15) is 0 Å². The Morgan fingerprint density at radius 1 is 1.47 bits per heavy atom. The normalized spacial score (nSPS) is 18.6. The first-order valence-corrected chi connectivity index (χ1v) is 5.98. The molecule has 82 valence electrons. The molecule has 1 atom stereocenters. The third-order valence-corrected chi connectivity index (χ3v) is 3.62. The number of hydrogen-bond acceptors (Lipinski definition) is 1. The van der Waals surface area contributed by atoms with Crippen molar-refractivity contribution in [3.63, 3.8) is 0 Å². The average molecular weight is 225 g/mol. The monoisotopic (exact) mass is 224 g/mol. The van der Waals surface area contributed by atoms with Gasteiger partial charge in [0.1, 0.15) is 0 Å². The molecule has 1 fully saturated rings. The smallest absolute Gasteiger partial charge is 0.0807 e. The van der Waals surface area contributed by atoms with Crippen molar-refractivity contribution >= 4 is 11.6 Å². The molecule has 0 bridgehead atoms. The Kier molecular flexibility index (Phi) is 3.32. The molecule has 0 radical (unpaired) electrons. The van der Waals surface area contributed by atoms with Crippen LogP contribution in [0, 0.1) is 12.8 Å². The van der Waals surface area contributed by atoms with Crippen LogP contribution in [0.1, 0.15) is 42.9 Å². The second kappa shape index (κ2) is 4.54. The minimum Gasteiger partial charge on any atom is -0.388 e. The van der Waals surface area contributed by atoms with Gasteiger partial charge in [0.05, 0.1) is 6.10 Å². The van der Waals surface area contributed by atoms with Crippen molar-refractivity contribution in [1.29, 1.82) is 0 Å². The molecule has 0 amide bonds. The zero-order valence-electron chi connectivity index (χ0n) is 9.04. The highest BCUT2D eigenvalue weighted by Crippen LogP contribution is 2.36. The van der Waals surface area contributed by atoms with E-state index in [0.29, 0.717) is 10.9 Å². The highest BCUT2D eigenvalue weighted by atomic mass is 35.5. The topological polar surface area (TPSA) is 20.2 Å². The van der Waals surface area contributed by atoms with Gasteiger partial charge in [0.2, 0.25) is 0 Å². The number of rotatable bonds is 3. The van der Waals surface area contributed by atoms with Crippen molar-refractivity contribution in [1.82, 2.24) is 0 Å². The van der Waals surface area contributed by atoms with Gasteiger partial charge in [-0.05, 0) is 36.5 Å². The van der Waals surface area contributed by atoms with Crippen LogP contribution >= 0.6 is 11.6 Å². The van der Waals surface area contributed by atoms with Crippen LogP contribution in [0.4, 0.5) is 0 Å². The minimum atomic E-state index is -0.386. The summed E-state index contributed by atoms with van der Waals surface area (Å²) in [7, 11) is 0. The molecule has 0 aromatic heterocycles. The van der Waals surface area contributed by atoms with Crippen LogP contribution in [0.5, 0.6) is 0 Å². The fourth-order valence-corrected chi connectivity index (χ4v) is 2.43. The van der Waals surface area contributed by atoms with Crippen molar-refractivity contribution in [2.45, 2.75) is 38.7 Å². The summed E-state index contributed by atoms with van der Waals surface area (Å²) >= 11 is 6.11.